The summed E-state index contributed by atoms with van der Waals surface area (Å²) in [7, 11) is 1.45. The van der Waals surface area contributed by atoms with E-state index < -0.39 is 0 Å². The molecule has 4 rings (SSSR count). The Labute approximate surface area is 210 Å². The molecular weight excluding hydrogens is 474 g/mol. The first-order valence-corrected chi connectivity index (χ1v) is 13.2. The molecule has 1 amide bonds. The minimum absolute atomic E-state index is 0.173. The predicted octanol–water partition coefficient (Wildman–Crippen LogP) is 5.74. The standard InChI is InChI=1S/C24H34ClN5O3S/c1-24(2,3)30(23(31)32-4)17-7-5-15(6-8-17)21-28-29-22(34-21)18-14-26-20(25)13-19(18)27-16-9-11-33-12-10-16/h13-17H,5-12H2,1-4H3,(H,26,27). The van der Waals surface area contributed by atoms with Crippen LogP contribution in [0.15, 0.2) is 12.3 Å². The van der Waals surface area contributed by atoms with E-state index in [9.17, 15) is 4.79 Å². The highest BCUT2D eigenvalue weighted by Gasteiger charge is 2.37. The Bertz CT molecular complexity index is 981. The van der Waals surface area contributed by atoms with Crippen molar-refractivity contribution in [2.24, 2.45) is 0 Å². The fourth-order valence-corrected chi connectivity index (χ4v) is 6.13. The van der Waals surface area contributed by atoms with Crippen LogP contribution in [0.1, 0.15) is 70.2 Å². The van der Waals surface area contributed by atoms with Gasteiger partial charge in [-0.25, -0.2) is 9.78 Å². The molecule has 0 bridgehead atoms. The number of carbonyl (C=O) groups excluding carboxylic acids is 1. The highest BCUT2D eigenvalue weighted by atomic mass is 35.5. The zero-order chi connectivity index (χ0) is 24.3. The number of nitrogens with zero attached hydrogens (tertiary/aromatic N) is 4. The van der Waals surface area contributed by atoms with Crippen LogP contribution in [-0.2, 0) is 9.47 Å². The Morgan fingerprint density at radius 3 is 2.53 bits per heavy atom. The maximum Gasteiger partial charge on any atom is 0.410 e. The van der Waals surface area contributed by atoms with Crippen molar-refractivity contribution in [3.8, 4) is 10.6 Å². The molecule has 1 aliphatic carbocycles. The average Bonchev–Trinajstić information content (AvgIpc) is 3.29. The summed E-state index contributed by atoms with van der Waals surface area (Å²) < 4.78 is 10.5. The van der Waals surface area contributed by atoms with E-state index in [-0.39, 0.29) is 17.7 Å². The fraction of sp³-hybridized carbons (Fsp3) is 0.667. The Hall–Kier alpha value is -1.97. The lowest BCUT2D eigenvalue weighted by atomic mass is 9.84. The van der Waals surface area contributed by atoms with Crippen LogP contribution >= 0.6 is 22.9 Å². The van der Waals surface area contributed by atoms with Gasteiger partial charge in [0.2, 0.25) is 0 Å². The Kier molecular flexibility index (Phi) is 7.94. The molecule has 1 saturated carbocycles. The maximum absolute atomic E-state index is 12.4. The van der Waals surface area contributed by atoms with Crippen molar-refractivity contribution >= 4 is 34.7 Å². The van der Waals surface area contributed by atoms with Gasteiger partial charge in [-0.15, -0.1) is 10.2 Å². The van der Waals surface area contributed by atoms with Gasteiger partial charge in [0.05, 0.1) is 12.7 Å². The van der Waals surface area contributed by atoms with Gasteiger partial charge < -0.3 is 19.7 Å². The predicted molar refractivity (Wildman–Crippen MR) is 135 cm³/mol. The highest BCUT2D eigenvalue weighted by Crippen LogP contribution is 2.40. The second-order valence-electron chi connectivity index (χ2n) is 10.0. The van der Waals surface area contributed by atoms with Crippen molar-refractivity contribution in [3.05, 3.63) is 22.4 Å². The minimum atomic E-state index is -0.282. The van der Waals surface area contributed by atoms with E-state index in [0.29, 0.717) is 17.1 Å². The Balaban J connectivity index is 1.46. The number of hydrogen-bond acceptors (Lipinski definition) is 8. The number of ether oxygens (including phenoxy) is 2. The number of halogens is 1. The molecule has 2 fully saturated rings. The van der Waals surface area contributed by atoms with Gasteiger partial charge >= 0.3 is 6.09 Å². The maximum atomic E-state index is 12.4. The molecule has 0 radical (unpaired) electrons. The van der Waals surface area contributed by atoms with Gasteiger partial charge in [0.25, 0.3) is 0 Å². The second kappa shape index (κ2) is 10.7. The third-order valence-corrected chi connectivity index (χ3v) is 7.95. The van der Waals surface area contributed by atoms with Gasteiger partial charge in [-0.2, -0.15) is 0 Å². The summed E-state index contributed by atoms with van der Waals surface area (Å²) in [5.41, 5.74) is 1.59. The van der Waals surface area contributed by atoms with Gasteiger partial charge in [-0.3, -0.25) is 0 Å². The molecule has 0 unspecified atom stereocenters. The molecule has 186 valence electrons. The van der Waals surface area contributed by atoms with Gasteiger partial charge in [0, 0.05) is 48.6 Å². The molecule has 2 aromatic heterocycles. The number of aromatic nitrogens is 3. The molecule has 10 heteroatoms. The Morgan fingerprint density at radius 2 is 1.88 bits per heavy atom. The van der Waals surface area contributed by atoms with E-state index in [1.165, 1.54) is 7.11 Å². The van der Waals surface area contributed by atoms with Crippen molar-refractivity contribution in [1.82, 2.24) is 20.1 Å². The Morgan fingerprint density at radius 1 is 1.18 bits per heavy atom. The molecule has 1 aliphatic heterocycles. The number of hydrogen-bond donors (Lipinski definition) is 1. The zero-order valence-electron chi connectivity index (χ0n) is 20.3. The smallest absolute Gasteiger partial charge is 0.410 e. The van der Waals surface area contributed by atoms with Crippen LogP contribution in [0.3, 0.4) is 0 Å². The largest absolute Gasteiger partial charge is 0.453 e. The molecule has 1 N–H and O–H groups in total. The van der Waals surface area contributed by atoms with Crippen LogP contribution in [0.2, 0.25) is 5.15 Å². The van der Waals surface area contributed by atoms with Crippen LogP contribution < -0.4 is 5.32 Å². The monoisotopic (exact) mass is 507 g/mol. The number of amides is 1. The molecule has 0 aromatic carbocycles. The summed E-state index contributed by atoms with van der Waals surface area (Å²) in [5, 5.41) is 15.0. The van der Waals surface area contributed by atoms with E-state index in [1.807, 2.05) is 11.0 Å². The molecule has 0 spiro atoms. The van der Waals surface area contributed by atoms with Crippen LogP contribution in [0.25, 0.3) is 10.6 Å². The van der Waals surface area contributed by atoms with E-state index in [1.54, 1.807) is 17.5 Å². The van der Waals surface area contributed by atoms with E-state index >= 15 is 0 Å². The average molecular weight is 508 g/mol. The summed E-state index contributed by atoms with van der Waals surface area (Å²) in [6.45, 7) is 7.69. The summed E-state index contributed by atoms with van der Waals surface area (Å²) in [5.74, 6) is 0.342. The van der Waals surface area contributed by atoms with Crippen molar-refractivity contribution in [3.63, 3.8) is 0 Å². The highest BCUT2D eigenvalue weighted by molar-refractivity contribution is 7.14. The van der Waals surface area contributed by atoms with Crippen molar-refractivity contribution in [2.45, 2.75) is 82.8 Å². The molecule has 1 saturated heterocycles. The van der Waals surface area contributed by atoms with E-state index in [0.717, 1.165) is 73.0 Å². The second-order valence-corrected chi connectivity index (χ2v) is 11.4. The SMILES string of the molecule is COC(=O)N(C1CCC(c2nnc(-c3cnc(Cl)cc3NC3CCOCC3)s2)CC1)C(C)(C)C. The third-order valence-electron chi connectivity index (χ3n) is 6.63. The summed E-state index contributed by atoms with van der Waals surface area (Å²) >= 11 is 7.83. The number of anilines is 1. The lowest BCUT2D eigenvalue weighted by molar-refractivity contribution is 0.0431. The molecule has 34 heavy (non-hydrogen) atoms. The first-order chi connectivity index (χ1) is 16.3. The first kappa shape index (κ1) is 25.1. The summed E-state index contributed by atoms with van der Waals surface area (Å²) in [6, 6.07) is 2.38. The van der Waals surface area contributed by atoms with E-state index in [4.69, 9.17) is 21.1 Å². The van der Waals surface area contributed by atoms with Crippen molar-refractivity contribution in [2.75, 3.05) is 25.6 Å². The van der Waals surface area contributed by atoms with E-state index in [2.05, 4.69) is 41.3 Å². The van der Waals surface area contributed by atoms with Crippen molar-refractivity contribution < 1.29 is 14.3 Å². The van der Waals surface area contributed by atoms with Crippen LogP contribution in [0, 0.1) is 0 Å². The minimum Gasteiger partial charge on any atom is -0.453 e. The molecule has 3 heterocycles. The van der Waals surface area contributed by atoms with Crippen LogP contribution in [-0.4, -0.2) is 64.1 Å². The molecule has 8 nitrogen and oxygen atoms in total. The summed E-state index contributed by atoms with van der Waals surface area (Å²) in [6.07, 6.45) is 7.22. The fourth-order valence-electron chi connectivity index (χ4n) is 4.94. The number of pyridine rings is 1. The lowest BCUT2D eigenvalue weighted by Crippen LogP contribution is -2.52. The lowest BCUT2D eigenvalue weighted by Gasteiger charge is -2.43. The zero-order valence-corrected chi connectivity index (χ0v) is 21.9. The van der Waals surface area contributed by atoms with Gasteiger partial charge in [-0.1, -0.05) is 22.9 Å². The summed E-state index contributed by atoms with van der Waals surface area (Å²) in [4.78, 5) is 18.6. The molecular formula is C24H34ClN5O3S. The topological polar surface area (TPSA) is 89.5 Å². The van der Waals surface area contributed by atoms with Crippen LogP contribution in [0.5, 0.6) is 0 Å². The third kappa shape index (κ3) is 5.80. The first-order valence-electron chi connectivity index (χ1n) is 12.0. The molecule has 0 atom stereocenters. The molecule has 2 aliphatic rings. The number of carbonyl (C=O) groups is 1. The molecule has 2 aromatic rings. The van der Waals surface area contributed by atoms with Gasteiger partial charge in [-0.05, 0) is 65.4 Å². The normalized spacial score (nSPS) is 21.8. The number of rotatable bonds is 5. The number of nitrogens with one attached hydrogen (secondary N) is 1. The van der Waals surface area contributed by atoms with Crippen molar-refractivity contribution in [1.29, 1.82) is 0 Å². The van der Waals surface area contributed by atoms with Crippen LogP contribution in [0.4, 0.5) is 10.5 Å². The van der Waals surface area contributed by atoms with Gasteiger partial charge in [0.1, 0.15) is 10.2 Å². The van der Waals surface area contributed by atoms with Gasteiger partial charge in [0.15, 0.2) is 5.01 Å². The quantitative estimate of drug-likeness (QED) is 0.516. The number of methoxy groups -OCH3 is 1.